The molecule has 5 heteroatoms. The fourth-order valence-electron chi connectivity index (χ4n) is 2.49. The van der Waals surface area contributed by atoms with Crippen LogP contribution in [0.15, 0.2) is 0 Å². The van der Waals surface area contributed by atoms with Crippen LogP contribution in [-0.2, 0) is 9.59 Å². The van der Waals surface area contributed by atoms with Crippen LogP contribution < -0.4 is 11.1 Å². The van der Waals surface area contributed by atoms with E-state index < -0.39 is 17.6 Å². The highest BCUT2D eigenvalue weighted by Gasteiger charge is 2.32. The average molecular weight is 256 g/mol. The number of amides is 1. The van der Waals surface area contributed by atoms with Crippen molar-refractivity contribution in [3.05, 3.63) is 0 Å². The molecule has 1 aliphatic rings. The predicted octanol–water partition coefficient (Wildman–Crippen LogP) is 1.26. The summed E-state index contributed by atoms with van der Waals surface area (Å²) >= 11 is 0. The topological polar surface area (TPSA) is 92.4 Å². The summed E-state index contributed by atoms with van der Waals surface area (Å²) in [4.78, 5) is 22.9. The van der Waals surface area contributed by atoms with Gasteiger partial charge in [-0.15, -0.1) is 0 Å². The van der Waals surface area contributed by atoms with E-state index in [1.54, 1.807) is 13.8 Å². The monoisotopic (exact) mass is 256 g/mol. The molecule has 1 saturated carbocycles. The van der Waals surface area contributed by atoms with Gasteiger partial charge in [-0.3, -0.25) is 4.79 Å². The first kappa shape index (κ1) is 15.0. The van der Waals surface area contributed by atoms with Gasteiger partial charge in [0.05, 0.1) is 0 Å². The Morgan fingerprint density at radius 3 is 2.28 bits per heavy atom. The van der Waals surface area contributed by atoms with Gasteiger partial charge < -0.3 is 16.2 Å². The number of carbonyl (C=O) groups excluding carboxylic acids is 1. The molecular formula is C13H24N2O3. The number of carboxylic acid groups (broad SMARTS) is 1. The van der Waals surface area contributed by atoms with Crippen molar-refractivity contribution in [2.24, 2.45) is 11.7 Å². The molecule has 0 heterocycles. The molecule has 0 radical (unpaired) electrons. The van der Waals surface area contributed by atoms with Gasteiger partial charge in [0, 0.05) is 12.0 Å². The Balaban J connectivity index is 2.52. The molecule has 0 saturated heterocycles. The highest BCUT2D eigenvalue weighted by atomic mass is 16.4. The van der Waals surface area contributed by atoms with E-state index in [-0.39, 0.29) is 18.2 Å². The summed E-state index contributed by atoms with van der Waals surface area (Å²) in [5.74, 6) is -1.37. The van der Waals surface area contributed by atoms with Crippen LogP contribution in [0.4, 0.5) is 0 Å². The smallest absolute Gasteiger partial charge is 0.326 e. The standard InChI is InChI=1S/C13H24N2O3/c1-9(2)11(12(17)18)15-10(16)8-13(14)6-4-3-5-7-13/h9,11H,3-8,14H2,1-2H3,(H,15,16)(H,17,18)/t11-/m0/s1. The number of rotatable bonds is 5. The van der Waals surface area contributed by atoms with Gasteiger partial charge in [-0.25, -0.2) is 4.79 Å². The fourth-order valence-corrected chi connectivity index (χ4v) is 2.49. The van der Waals surface area contributed by atoms with E-state index in [2.05, 4.69) is 5.32 Å². The average Bonchev–Trinajstić information content (AvgIpc) is 2.25. The Labute approximate surface area is 108 Å². The van der Waals surface area contributed by atoms with E-state index in [0.717, 1.165) is 25.7 Å². The van der Waals surface area contributed by atoms with Gasteiger partial charge in [-0.1, -0.05) is 33.1 Å². The van der Waals surface area contributed by atoms with E-state index in [9.17, 15) is 9.59 Å². The van der Waals surface area contributed by atoms with Crippen molar-refractivity contribution in [1.82, 2.24) is 5.32 Å². The summed E-state index contributed by atoms with van der Waals surface area (Å²) in [5, 5.41) is 11.6. The molecular weight excluding hydrogens is 232 g/mol. The van der Waals surface area contributed by atoms with Crippen molar-refractivity contribution in [3.63, 3.8) is 0 Å². The molecule has 0 aromatic heterocycles. The molecule has 0 unspecified atom stereocenters. The van der Waals surface area contributed by atoms with Crippen LogP contribution in [-0.4, -0.2) is 28.6 Å². The lowest BCUT2D eigenvalue weighted by Crippen LogP contribution is -2.50. The predicted molar refractivity (Wildman–Crippen MR) is 69.0 cm³/mol. The second-order valence-electron chi connectivity index (χ2n) is 5.73. The summed E-state index contributed by atoms with van der Waals surface area (Å²) in [7, 11) is 0. The van der Waals surface area contributed by atoms with E-state index in [4.69, 9.17) is 10.8 Å². The van der Waals surface area contributed by atoms with Crippen molar-refractivity contribution >= 4 is 11.9 Å². The number of hydrogen-bond acceptors (Lipinski definition) is 3. The molecule has 5 nitrogen and oxygen atoms in total. The van der Waals surface area contributed by atoms with Crippen molar-refractivity contribution in [2.75, 3.05) is 0 Å². The van der Waals surface area contributed by atoms with Gasteiger partial charge in [0.15, 0.2) is 0 Å². The highest BCUT2D eigenvalue weighted by Crippen LogP contribution is 2.28. The number of aliphatic carboxylic acids is 1. The van der Waals surface area contributed by atoms with Crippen LogP contribution >= 0.6 is 0 Å². The highest BCUT2D eigenvalue weighted by molar-refractivity contribution is 5.84. The Morgan fingerprint density at radius 2 is 1.83 bits per heavy atom. The number of nitrogens with two attached hydrogens (primary N) is 1. The Kier molecular flexibility index (Phi) is 5.14. The Hall–Kier alpha value is -1.10. The number of hydrogen-bond donors (Lipinski definition) is 3. The van der Waals surface area contributed by atoms with Crippen LogP contribution in [0.25, 0.3) is 0 Å². The van der Waals surface area contributed by atoms with Gasteiger partial charge in [0.25, 0.3) is 0 Å². The maximum atomic E-state index is 11.9. The molecule has 1 rings (SSSR count). The van der Waals surface area contributed by atoms with E-state index >= 15 is 0 Å². The van der Waals surface area contributed by atoms with E-state index in [1.165, 1.54) is 6.42 Å². The summed E-state index contributed by atoms with van der Waals surface area (Å²) in [6, 6.07) is -0.829. The van der Waals surface area contributed by atoms with Gasteiger partial charge in [-0.05, 0) is 18.8 Å². The van der Waals surface area contributed by atoms with Crippen molar-refractivity contribution in [2.45, 2.75) is 64.0 Å². The molecule has 0 spiro atoms. The zero-order valence-electron chi connectivity index (χ0n) is 11.2. The minimum Gasteiger partial charge on any atom is -0.480 e. The molecule has 18 heavy (non-hydrogen) atoms. The lowest BCUT2D eigenvalue weighted by Gasteiger charge is -2.33. The van der Waals surface area contributed by atoms with Crippen molar-refractivity contribution in [1.29, 1.82) is 0 Å². The fraction of sp³-hybridized carbons (Fsp3) is 0.846. The van der Waals surface area contributed by atoms with Gasteiger partial charge in [0.1, 0.15) is 6.04 Å². The van der Waals surface area contributed by atoms with Crippen molar-refractivity contribution < 1.29 is 14.7 Å². The third-order valence-electron chi connectivity index (χ3n) is 3.61. The van der Waals surface area contributed by atoms with Crippen LogP contribution in [0.3, 0.4) is 0 Å². The minimum absolute atomic E-state index is 0.133. The minimum atomic E-state index is -0.993. The van der Waals surface area contributed by atoms with Crippen molar-refractivity contribution in [3.8, 4) is 0 Å². The Bertz CT molecular complexity index is 309. The Morgan fingerprint density at radius 1 is 1.28 bits per heavy atom. The summed E-state index contributed by atoms with van der Waals surface area (Å²) in [6.45, 7) is 3.55. The number of carboxylic acids is 1. The second-order valence-corrected chi connectivity index (χ2v) is 5.73. The molecule has 1 atom stereocenters. The van der Waals surface area contributed by atoms with Gasteiger partial charge >= 0.3 is 5.97 Å². The zero-order chi connectivity index (χ0) is 13.8. The molecule has 4 N–H and O–H groups in total. The second kappa shape index (κ2) is 6.18. The molecule has 104 valence electrons. The molecule has 0 aromatic rings. The number of nitrogens with one attached hydrogen (secondary N) is 1. The maximum absolute atomic E-state index is 11.9. The summed E-state index contributed by atoms with van der Waals surface area (Å²) in [6.07, 6.45) is 5.19. The molecule has 0 bridgehead atoms. The normalized spacial score (nSPS) is 20.4. The maximum Gasteiger partial charge on any atom is 0.326 e. The number of carbonyl (C=O) groups is 2. The van der Waals surface area contributed by atoms with Crippen LogP contribution in [0, 0.1) is 5.92 Å². The third-order valence-corrected chi connectivity index (χ3v) is 3.61. The van der Waals surface area contributed by atoms with E-state index in [0.29, 0.717) is 0 Å². The molecule has 0 aromatic carbocycles. The molecule has 1 fully saturated rings. The van der Waals surface area contributed by atoms with Crippen LogP contribution in [0.1, 0.15) is 52.4 Å². The summed E-state index contributed by atoms with van der Waals surface area (Å²) < 4.78 is 0. The first-order valence-electron chi connectivity index (χ1n) is 6.65. The van der Waals surface area contributed by atoms with E-state index in [1.807, 2.05) is 0 Å². The van der Waals surface area contributed by atoms with Crippen LogP contribution in [0.5, 0.6) is 0 Å². The zero-order valence-corrected chi connectivity index (χ0v) is 11.2. The van der Waals surface area contributed by atoms with Crippen LogP contribution in [0.2, 0.25) is 0 Å². The molecule has 1 amide bonds. The lowest BCUT2D eigenvalue weighted by atomic mass is 9.80. The van der Waals surface area contributed by atoms with Gasteiger partial charge in [-0.2, -0.15) is 0 Å². The summed E-state index contributed by atoms with van der Waals surface area (Å²) in [5.41, 5.74) is 5.74. The first-order valence-corrected chi connectivity index (χ1v) is 6.65. The third kappa shape index (κ3) is 4.29. The SMILES string of the molecule is CC(C)[C@H](NC(=O)CC1(N)CCCCC1)C(=O)O. The quantitative estimate of drug-likeness (QED) is 0.690. The first-order chi connectivity index (χ1) is 8.34. The lowest BCUT2D eigenvalue weighted by molar-refractivity contribution is -0.143. The molecule has 0 aliphatic heterocycles. The largest absolute Gasteiger partial charge is 0.480 e. The molecule has 1 aliphatic carbocycles. The van der Waals surface area contributed by atoms with Gasteiger partial charge in [0.2, 0.25) is 5.91 Å².